The van der Waals surface area contributed by atoms with Gasteiger partial charge < -0.3 is 10.2 Å². The van der Waals surface area contributed by atoms with Crippen LogP contribution in [0.1, 0.15) is 54.6 Å². The molecule has 1 fully saturated rings. The van der Waals surface area contributed by atoms with Crippen LogP contribution in [0.5, 0.6) is 0 Å². The van der Waals surface area contributed by atoms with Crippen molar-refractivity contribution in [3.63, 3.8) is 0 Å². The summed E-state index contributed by atoms with van der Waals surface area (Å²) in [4.78, 5) is 19.0. The highest BCUT2D eigenvalue weighted by Crippen LogP contribution is 2.19. The van der Waals surface area contributed by atoms with Crippen LogP contribution in [0.2, 0.25) is 0 Å². The molecule has 3 rings (SSSR count). The van der Waals surface area contributed by atoms with Crippen molar-refractivity contribution in [2.24, 2.45) is 0 Å². The van der Waals surface area contributed by atoms with Gasteiger partial charge in [-0.2, -0.15) is 0 Å². The molecule has 1 amide bonds. The zero-order valence-corrected chi connectivity index (χ0v) is 14.9. The van der Waals surface area contributed by atoms with Gasteiger partial charge in [0.1, 0.15) is 5.69 Å². The van der Waals surface area contributed by atoms with Crippen LogP contribution in [0.25, 0.3) is 0 Å². The van der Waals surface area contributed by atoms with Crippen LogP contribution in [0.3, 0.4) is 0 Å². The van der Waals surface area contributed by atoms with Gasteiger partial charge >= 0.3 is 0 Å². The molecule has 1 aliphatic rings. The molecule has 0 unspecified atom stereocenters. The van der Waals surface area contributed by atoms with Gasteiger partial charge in [0, 0.05) is 31.5 Å². The minimum Gasteiger partial charge on any atom is -0.370 e. The third-order valence-corrected chi connectivity index (χ3v) is 4.87. The molecule has 2 aromatic rings. The van der Waals surface area contributed by atoms with Crippen LogP contribution in [0.15, 0.2) is 48.7 Å². The van der Waals surface area contributed by atoms with Crippen LogP contribution in [0, 0.1) is 0 Å². The molecule has 0 bridgehead atoms. The number of nitrogens with zero attached hydrogens (tertiary/aromatic N) is 2. The predicted molar refractivity (Wildman–Crippen MR) is 102 cm³/mol. The number of benzene rings is 1. The number of anilines is 1. The fourth-order valence-corrected chi connectivity index (χ4v) is 3.41. The Labute approximate surface area is 150 Å². The number of aromatic nitrogens is 1. The van der Waals surface area contributed by atoms with E-state index in [1.165, 1.54) is 31.2 Å². The maximum absolute atomic E-state index is 12.6. The van der Waals surface area contributed by atoms with E-state index in [-0.39, 0.29) is 5.91 Å². The summed E-state index contributed by atoms with van der Waals surface area (Å²) >= 11 is 0. The van der Waals surface area contributed by atoms with Crippen molar-refractivity contribution < 1.29 is 4.79 Å². The minimum absolute atomic E-state index is 0.0538. The lowest BCUT2D eigenvalue weighted by atomic mass is 10.1. The Hall–Kier alpha value is -2.36. The predicted octanol–water partition coefficient (Wildman–Crippen LogP) is 4.17. The van der Waals surface area contributed by atoms with Gasteiger partial charge in [-0.15, -0.1) is 0 Å². The maximum atomic E-state index is 12.6. The highest BCUT2D eigenvalue weighted by molar-refractivity contribution is 5.93. The molecule has 0 spiro atoms. The number of amides is 1. The maximum Gasteiger partial charge on any atom is 0.270 e. The zero-order chi connectivity index (χ0) is 17.5. The quantitative estimate of drug-likeness (QED) is 0.833. The second-order valence-corrected chi connectivity index (χ2v) is 6.90. The van der Waals surface area contributed by atoms with E-state index in [0.29, 0.717) is 11.7 Å². The van der Waals surface area contributed by atoms with Crippen LogP contribution in [-0.2, 0) is 6.54 Å². The van der Waals surface area contributed by atoms with Crippen molar-refractivity contribution in [1.82, 2.24) is 10.3 Å². The highest BCUT2D eigenvalue weighted by Gasteiger charge is 2.17. The molecular formula is C21H27N3O. The lowest BCUT2D eigenvalue weighted by molar-refractivity contribution is 0.0928. The molecule has 132 valence electrons. The molecule has 0 saturated heterocycles. The van der Waals surface area contributed by atoms with E-state index in [1.54, 1.807) is 6.20 Å². The van der Waals surface area contributed by atoms with E-state index < -0.39 is 0 Å². The number of hydrogen-bond donors (Lipinski definition) is 1. The number of pyridine rings is 1. The van der Waals surface area contributed by atoms with E-state index in [9.17, 15) is 4.79 Å². The normalized spacial score (nSPS) is 15.4. The third-order valence-electron chi connectivity index (χ3n) is 4.87. The third kappa shape index (κ3) is 5.05. The molecule has 1 aromatic heterocycles. The summed E-state index contributed by atoms with van der Waals surface area (Å²) in [5, 5.41) is 3.17. The van der Waals surface area contributed by atoms with Crippen LogP contribution in [-0.4, -0.2) is 24.0 Å². The lowest BCUT2D eigenvalue weighted by Crippen LogP contribution is -2.35. The second kappa shape index (κ2) is 8.65. The van der Waals surface area contributed by atoms with Crippen molar-refractivity contribution in [1.29, 1.82) is 0 Å². The SMILES string of the molecule is CN(Cc1ccccc1)c1ccnc(C(=O)NC2CCCCCC2)c1. The number of carbonyl (C=O) groups excluding carboxylic acids is 1. The average Bonchev–Trinajstić information content (AvgIpc) is 2.91. The Morgan fingerprint density at radius 3 is 2.56 bits per heavy atom. The van der Waals surface area contributed by atoms with Crippen molar-refractivity contribution in [3.05, 3.63) is 59.9 Å². The van der Waals surface area contributed by atoms with Gasteiger partial charge in [0.15, 0.2) is 0 Å². The Kier molecular flexibility index (Phi) is 6.04. The molecule has 0 radical (unpaired) electrons. The Bertz CT molecular complexity index is 679. The van der Waals surface area contributed by atoms with Gasteiger partial charge in [0.25, 0.3) is 5.91 Å². The highest BCUT2D eigenvalue weighted by atomic mass is 16.1. The second-order valence-electron chi connectivity index (χ2n) is 6.90. The number of rotatable bonds is 5. The molecule has 4 nitrogen and oxygen atoms in total. The van der Waals surface area contributed by atoms with Crippen molar-refractivity contribution in [3.8, 4) is 0 Å². The van der Waals surface area contributed by atoms with E-state index in [1.807, 2.05) is 37.4 Å². The smallest absolute Gasteiger partial charge is 0.270 e. The topological polar surface area (TPSA) is 45.2 Å². The van der Waals surface area contributed by atoms with Crippen molar-refractivity contribution >= 4 is 11.6 Å². The molecule has 1 aliphatic carbocycles. The summed E-state index contributed by atoms with van der Waals surface area (Å²) in [7, 11) is 2.04. The number of nitrogens with one attached hydrogen (secondary N) is 1. The summed E-state index contributed by atoms with van der Waals surface area (Å²) < 4.78 is 0. The minimum atomic E-state index is -0.0538. The van der Waals surface area contributed by atoms with Crippen molar-refractivity contribution in [2.75, 3.05) is 11.9 Å². The van der Waals surface area contributed by atoms with E-state index in [2.05, 4.69) is 27.3 Å². The van der Waals surface area contributed by atoms with E-state index >= 15 is 0 Å². The Morgan fingerprint density at radius 1 is 1.12 bits per heavy atom. The Balaban J connectivity index is 1.64. The standard InChI is InChI=1S/C21H27N3O/c1-24(16-17-9-5-4-6-10-17)19-13-14-22-20(15-19)21(25)23-18-11-7-2-3-8-12-18/h4-6,9-10,13-15,18H,2-3,7-8,11-12,16H2,1H3,(H,23,25). The molecule has 0 aliphatic heterocycles. The van der Waals surface area contributed by atoms with E-state index in [4.69, 9.17) is 0 Å². The fraction of sp³-hybridized carbons (Fsp3) is 0.429. The summed E-state index contributed by atoms with van der Waals surface area (Å²) in [6, 6.07) is 14.5. The van der Waals surface area contributed by atoms with Crippen molar-refractivity contribution in [2.45, 2.75) is 51.1 Å². The largest absolute Gasteiger partial charge is 0.370 e. The average molecular weight is 337 g/mol. The molecule has 0 atom stereocenters. The number of hydrogen-bond acceptors (Lipinski definition) is 3. The fourth-order valence-electron chi connectivity index (χ4n) is 3.41. The van der Waals surface area contributed by atoms with Crippen LogP contribution in [0.4, 0.5) is 5.69 Å². The van der Waals surface area contributed by atoms with Gasteiger partial charge in [0.05, 0.1) is 0 Å². The van der Waals surface area contributed by atoms with Gasteiger partial charge in [0.2, 0.25) is 0 Å². The van der Waals surface area contributed by atoms with Gasteiger partial charge in [-0.1, -0.05) is 56.0 Å². The monoisotopic (exact) mass is 337 g/mol. The first kappa shape index (κ1) is 17.5. The first-order chi connectivity index (χ1) is 12.2. The summed E-state index contributed by atoms with van der Waals surface area (Å²) in [6.45, 7) is 0.800. The van der Waals surface area contributed by atoms with Gasteiger partial charge in [-0.25, -0.2) is 0 Å². The van der Waals surface area contributed by atoms with Crippen LogP contribution < -0.4 is 10.2 Å². The molecule has 1 saturated carbocycles. The molecule has 1 aromatic carbocycles. The molecule has 1 N–H and O–H groups in total. The zero-order valence-electron chi connectivity index (χ0n) is 14.9. The molecular weight excluding hydrogens is 310 g/mol. The molecule has 25 heavy (non-hydrogen) atoms. The summed E-state index contributed by atoms with van der Waals surface area (Å²) in [6.07, 6.45) is 8.86. The molecule has 4 heteroatoms. The Morgan fingerprint density at radius 2 is 1.84 bits per heavy atom. The van der Waals surface area contributed by atoms with Crippen LogP contribution >= 0.6 is 0 Å². The first-order valence-electron chi connectivity index (χ1n) is 9.24. The van der Waals surface area contributed by atoms with Gasteiger partial charge in [-0.3, -0.25) is 9.78 Å². The summed E-state index contributed by atoms with van der Waals surface area (Å²) in [5.41, 5.74) is 2.75. The molecule has 1 heterocycles. The first-order valence-corrected chi connectivity index (χ1v) is 9.24. The van der Waals surface area contributed by atoms with E-state index in [0.717, 1.165) is 25.1 Å². The number of carbonyl (C=O) groups is 1. The lowest BCUT2D eigenvalue weighted by Gasteiger charge is -2.20. The van der Waals surface area contributed by atoms with Gasteiger partial charge in [-0.05, 0) is 30.5 Å². The summed E-state index contributed by atoms with van der Waals surface area (Å²) in [5.74, 6) is -0.0538.